The van der Waals surface area contributed by atoms with Crippen molar-refractivity contribution in [2.24, 2.45) is 0 Å². The summed E-state index contributed by atoms with van der Waals surface area (Å²) in [6.45, 7) is 4.19. The second-order valence-corrected chi connectivity index (χ2v) is 5.48. The summed E-state index contributed by atoms with van der Waals surface area (Å²) in [5.74, 6) is 6.45. The van der Waals surface area contributed by atoms with E-state index >= 15 is 0 Å². The van der Waals surface area contributed by atoms with Crippen LogP contribution in [0.1, 0.15) is 30.5 Å². The van der Waals surface area contributed by atoms with E-state index in [1.54, 1.807) is 0 Å². The quantitative estimate of drug-likeness (QED) is 0.629. The number of halogens is 1. The van der Waals surface area contributed by atoms with Gasteiger partial charge >= 0.3 is 0 Å². The molecule has 2 aromatic rings. The Bertz CT molecular complexity index is 651. The lowest BCUT2D eigenvalue weighted by atomic mass is 10.1. The molecule has 0 fully saturated rings. The number of hydrogen-bond donors (Lipinski definition) is 0. The van der Waals surface area contributed by atoms with Crippen LogP contribution in [-0.4, -0.2) is 0 Å². The lowest BCUT2D eigenvalue weighted by Gasteiger charge is -2.01. The summed E-state index contributed by atoms with van der Waals surface area (Å²) in [7, 11) is 0. The third-order valence-electron chi connectivity index (χ3n) is 2.57. The Balaban J connectivity index is 2.41. The highest BCUT2D eigenvalue weighted by Gasteiger charge is 1.98. The van der Waals surface area contributed by atoms with Gasteiger partial charge in [-0.3, -0.25) is 0 Å². The molecule has 0 aromatic heterocycles. The molecule has 94 valence electrons. The summed E-state index contributed by atoms with van der Waals surface area (Å²) in [5.41, 5.74) is 4.50. The van der Waals surface area contributed by atoms with Crippen molar-refractivity contribution in [3.05, 3.63) is 75.3 Å². The zero-order chi connectivity index (χ0) is 13.7. The van der Waals surface area contributed by atoms with Gasteiger partial charge < -0.3 is 0 Å². The monoisotopic (exact) mass is 310 g/mol. The van der Waals surface area contributed by atoms with Crippen molar-refractivity contribution >= 4 is 22.0 Å². The smallest absolute Gasteiger partial charge is 0.0322 e. The van der Waals surface area contributed by atoms with Gasteiger partial charge in [0.05, 0.1) is 0 Å². The maximum Gasteiger partial charge on any atom is 0.0322 e. The first-order valence-electron chi connectivity index (χ1n) is 6.17. The van der Waals surface area contributed by atoms with Crippen molar-refractivity contribution in [3.63, 3.8) is 0 Å². The van der Waals surface area contributed by atoms with Crippen LogP contribution in [0.4, 0.5) is 0 Å². The molecular weight excluding hydrogens is 296 g/mol. The second kappa shape index (κ2) is 6.41. The van der Waals surface area contributed by atoms with Crippen LogP contribution >= 0.6 is 15.9 Å². The Morgan fingerprint density at radius 3 is 2.42 bits per heavy atom. The third-order valence-corrected chi connectivity index (χ3v) is 3.07. The Labute approximate surface area is 123 Å². The minimum Gasteiger partial charge on any atom is -0.0758 e. The van der Waals surface area contributed by atoms with E-state index in [-0.39, 0.29) is 0 Å². The number of allylic oxidation sites excluding steroid dienone is 1. The average Bonchev–Trinajstić information content (AvgIpc) is 2.38. The summed E-state index contributed by atoms with van der Waals surface area (Å²) in [6.07, 6.45) is 2.15. The first-order valence-corrected chi connectivity index (χ1v) is 6.96. The Kier molecular flexibility index (Phi) is 4.60. The molecule has 0 unspecified atom stereocenters. The fraction of sp³-hybridized carbons (Fsp3) is 0.111. The lowest BCUT2D eigenvalue weighted by Crippen LogP contribution is -1.84. The van der Waals surface area contributed by atoms with E-state index in [9.17, 15) is 0 Å². The highest BCUT2D eigenvalue weighted by atomic mass is 79.9. The van der Waals surface area contributed by atoms with Crippen LogP contribution in [0.25, 0.3) is 6.08 Å². The van der Waals surface area contributed by atoms with Crippen LogP contribution in [-0.2, 0) is 0 Å². The molecule has 19 heavy (non-hydrogen) atoms. The number of rotatable bonds is 1. The van der Waals surface area contributed by atoms with Gasteiger partial charge in [-0.25, -0.2) is 0 Å². The van der Waals surface area contributed by atoms with Gasteiger partial charge in [-0.1, -0.05) is 57.6 Å². The van der Waals surface area contributed by atoms with E-state index in [0.717, 1.165) is 21.2 Å². The Morgan fingerprint density at radius 1 is 1.00 bits per heavy atom. The molecule has 0 nitrogen and oxygen atoms in total. The van der Waals surface area contributed by atoms with Crippen LogP contribution in [0.2, 0.25) is 0 Å². The molecule has 1 heteroatoms. The summed E-state index contributed by atoms with van der Waals surface area (Å²) < 4.78 is 1.07. The third kappa shape index (κ3) is 4.12. The summed E-state index contributed by atoms with van der Waals surface area (Å²) >= 11 is 3.50. The van der Waals surface area contributed by atoms with Gasteiger partial charge in [0.25, 0.3) is 0 Å². The van der Waals surface area contributed by atoms with Crippen molar-refractivity contribution in [3.8, 4) is 11.8 Å². The fourth-order valence-electron chi connectivity index (χ4n) is 1.74. The molecule has 0 saturated carbocycles. The lowest BCUT2D eigenvalue weighted by molar-refractivity contribution is 1.41. The van der Waals surface area contributed by atoms with Crippen molar-refractivity contribution < 1.29 is 0 Å². The molecular formula is C18H15Br. The molecule has 0 heterocycles. The van der Waals surface area contributed by atoms with Crippen LogP contribution in [0.5, 0.6) is 0 Å². The normalized spacial score (nSPS) is 9.42. The topological polar surface area (TPSA) is 0 Å². The molecule has 2 rings (SSSR count). The van der Waals surface area contributed by atoms with Crippen LogP contribution in [0.15, 0.2) is 58.6 Å². The molecule has 0 saturated heterocycles. The van der Waals surface area contributed by atoms with Gasteiger partial charge in [0, 0.05) is 15.6 Å². The molecule has 0 spiro atoms. The maximum absolute atomic E-state index is 3.50. The predicted octanol–water partition coefficient (Wildman–Crippen LogP) is 5.27. The standard InChI is InChI=1S/C18H15Br/c1-14(2)12-17-13-18(19)11-10-16(17)9-8-15-6-4-3-5-7-15/h3-7,10-13H,1-2H3. The zero-order valence-electron chi connectivity index (χ0n) is 11.1. The van der Waals surface area contributed by atoms with E-state index in [2.05, 4.69) is 59.8 Å². The van der Waals surface area contributed by atoms with Crippen LogP contribution < -0.4 is 0 Å². The van der Waals surface area contributed by atoms with Crippen LogP contribution in [0, 0.1) is 11.8 Å². The predicted molar refractivity (Wildman–Crippen MR) is 85.9 cm³/mol. The van der Waals surface area contributed by atoms with E-state index in [1.165, 1.54) is 5.57 Å². The van der Waals surface area contributed by atoms with Gasteiger partial charge in [0.1, 0.15) is 0 Å². The minimum absolute atomic E-state index is 1.04. The minimum atomic E-state index is 1.04. The zero-order valence-corrected chi connectivity index (χ0v) is 12.7. The largest absolute Gasteiger partial charge is 0.0758 e. The summed E-state index contributed by atoms with van der Waals surface area (Å²) in [6, 6.07) is 16.2. The molecule has 0 bridgehead atoms. The Morgan fingerprint density at radius 2 is 1.74 bits per heavy atom. The van der Waals surface area contributed by atoms with E-state index in [4.69, 9.17) is 0 Å². The molecule has 0 radical (unpaired) electrons. The molecule has 0 aliphatic carbocycles. The highest BCUT2D eigenvalue weighted by molar-refractivity contribution is 9.10. The van der Waals surface area contributed by atoms with E-state index in [1.807, 2.05) is 36.4 Å². The average molecular weight is 311 g/mol. The van der Waals surface area contributed by atoms with Gasteiger partial charge in [0.2, 0.25) is 0 Å². The van der Waals surface area contributed by atoms with E-state index < -0.39 is 0 Å². The molecule has 0 N–H and O–H groups in total. The molecule has 2 aromatic carbocycles. The van der Waals surface area contributed by atoms with Gasteiger partial charge in [-0.15, -0.1) is 0 Å². The molecule has 0 aliphatic heterocycles. The fourth-order valence-corrected chi connectivity index (χ4v) is 2.12. The molecule has 0 aliphatic rings. The van der Waals surface area contributed by atoms with Crippen molar-refractivity contribution in [2.45, 2.75) is 13.8 Å². The highest BCUT2D eigenvalue weighted by Crippen LogP contribution is 2.19. The number of hydrogen-bond acceptors (Lipinski definition) is 0. The van der Waals surface area contributed by atoms with E-state index in [0.29, 0.717) is 0 Å². The number of benzene rings is 2. The maximum atomic E-state index is 3.50. The Hall–Kier alpha value is -1.78. The van der Waals surface area contributed by atoms with Gasteiger partial charge in [0.15, 0.2) is 0 Å². The van der Waals surface area contributed by atoms with Gasteiger partial charge in [-0.05, 0) is 49.7 Å². The molecule has 0 atom stereocenters. The first kappa shape index (κ1) is 13.6. The van der Waals surface area contributed by atoms with Crippen molar-refractivity contribution in [1.82, 2.24) is 0 Å². The van der Waals surface area contributed by atoms with Crippen LogP contribution in [0.3, 0.4) is 0 Å². The molecule has 0 amide bonds. The van der Waals surface area contributed by atoms with Crippen molar-refractivity contribution in [1.29, 1.82) is 0 Å². The summed E-state index contributed by atoms with van der Waals surface area (Å²) in [5, 5.41) is 0. The van der Waals surface area contributed by atoms with Gasteiger partial charge in [-0.2, -0.15) is 0 Å². The SMILES string of the molecule is CC(C)=Cc1cc(Br)ccc1C#Cc1ccccc1. The summed E-state index contributed by atoms with van der Waals surface area (Å²) in [4.78, 5) is 0. The second-order valence-electron chi connectivity index (χ2n) is 4.57. The first-order chi connectivity index (χ1) is 9.15. The van der Waals surface area contributed by atoms with Crippen molar-refractivity contribution in [2.75, 3.05) is 0 Å².